The summed E-state index contributed by atoms with van der Waals surface area (Å²) in [7, 11) is 0. The molecule has 1 atom stereocenters. The van der Waals surface area contributed by atoms with Crippen molar-refractivity contribution in [1.82, 2.24) is 9.88 Å². The Bertz CT molecular complexity index is 914. The molecule has 1 amide bonds. The number of halogens is 3. The fraction of sp³-hybridized carbons (Fsp3) is 0.143. The topological polar surface area (TPSA) is 53.4 Å². The zero-order valence-corrected chi connectivity index (χ0v) is 14.7. The van der Waals surface area contributed by atoms with Crippen LogP contribution in [-0.4, -0.2) is 21.1 Å². The summed E-state index contributed by atoms with van der Waals surface area (Å²) in [6.45, 7) is 0.0679. The lowest BCUT2D eigenvalue weighted by molar-refractivity contribution is -0.137. The molecule has 4 nitrogen and oxygen atoms in total. The molecule has 0 radical (unpaired) electrons. The third kappa shape index (κ3) is 4.49. The van der Waals surface area contributed by atoms with Crippen LogP contribution >= 0.6 is 0 Å². The van der Waals surface area contributed by atoms with Gasteiger partial charge in [-0.25, -0.2) is 4.79 Å². The highest BCUT2D eigenvalue weighted by atomic mass is 19.4. The van der Waals surface area contributed by atoms with Crippen LogP contribution in [0.15, 0.2) is 79.0 Å². The zero-order chi connectivity index (χ0) is 20.1. The number of rotatable bonds is 5. The summed E-state index contributed by atoms with van der Waals surface area (Å²) >= 11 is 0. The molecule has 0 bridgehead atoms. The fourth-order valence-electron chi connectivity index (χ4n) is 2.95. The number of aromatic nitrogens is 1. The Morgan fingerprint density at radius 3 is 2.14 bits per heavy atom. The van der Waals surface area contributed by atoms with E-state index in [0.29, 0.717) is 11.3 Å². The van der Waals surface area contributed by atoms with Crippen LogP contribution in [0, 0.1) is 0 Å². The Hall–Kier alpha value is -3.35. The van der Waals surface area contributed by atoms with Gasteiger partial charge in [0.05, 0.1) is 17.8 Å². The van der Waals surface area contributed by atoms with Crippen LogP contribution in [0.5, 0.6) is 0 Å². The standard InChI is InChI=1S/C21H17F3N2O2/c22-21(23,24)17-11-9-16(10-12-17)19(18-8-4-5-13-25-18)26(20(27)28)14-15-6-2-1-3-7-15/h1-13,19H,14H2,(H,27,28)/t19-/m0/s1. The predicted molar refractivity (Wildman–Crippen MR) is 97.5 cm³/mol. The average Bonchev–Trinajstić information content (AvgIpc) is 2.69. The highest BCUT2D eigenvalue weighted by Crippen LogP contribution is 2.33. The molecular formula is C21H17F3N2O2. The van der Waals surface area contributed by atoms with E-state index in [0.717, 1.165) is 17.7 Å². The Morgan fingerprint density at radius 1 is 0.964 bits per heavy atom. The van der Waals surface area contributed by atoms with Crippen molar-refractivity contribution in [1.29, 1.82) is 0 Å². The number of benzene rings is 2. The van der Waals surface area contributed by atoms with Gasteiger partial charge in [0.15, 0.2) is 0 Å². The van der Waals surface area contributed by atoms with Crippen LogP contribution in [0.2, 0.25) is 0 Å². The average molecular weight is 386 g/mol. The molecule has 0 aliphatic heterocycles. The molecule has 0 unspecified atom stereocenters. The van der Waals surface area contributed by atoms with Gasteiger partial charge >= 0.3 is 12.3 Å². The molecule has 1 aromatic heterocycles. The Labute approximate surface area is 159 Å². The van der Waals surface area contributed by atoms with Crippen molar-refractivity contribution >= 4 is 6.09 Å². The lowest BCUT2D eigenvalue weighted by Crippen LogP contribution is -2.34. The van der Waals surface area contributed by atoms with Crippen molar-refractivity contribution < 1.29 is 23.1 Å². The number of carbonyl (C=O) groups is 1. The quantitative estimate of drug-likeness (QED) is 0.641. The number of alkyl halides is 3. The normalized spacial score (nSPS) is 12.4. The minimum Gasteiger partial charge on any atom is -0.465 e. The molecule has 1 N–H and O–H groups in total. The molecule has 3 rings (SSSR count). The first-order valence-corrected chi connectivity index (χ1v) is 8.48. The van der Waals surface area contributed by atoms with E-state index in [2.05, 4.69) is 4.98 Å². The molecule has 2 aromatic carbocycles. The third-order valence-corrected chi connectivity index (χ3v) is 4.27. The van der Waals surface area contributed by atoms with Crippen molar-refractivity contribution in [3.05, 3.63) is 101 Å². The third-order valence-electron chi connectivity index (χ3n) is 4.27. The fourth-order valence-corrected chi connectivity index (χ4v) is 2.95. The maximum absolute atomic E-state index is 12.9. The van der Waals surface area contributed by atoms with Crippen LogP contribution in [-0.2, 0) is 12.7 Å². The molecule has 7 heteroatoms. The van der Waals surface area contributed by atoms with Crippen LogP contribution in [0.1, 0.15) is 28.4 Å². The van der Waals surface area contributed by atoms with Crippen molar-refractivity contribution in [2.75, 3.05) is 0 Å². The monoisotopic (exact) mass is 386 g/mol. The highest BCUT2D eigenvalue weighted by molar-refractivity contribution is 5.66. The molecule has 0 fully saturated rings. The summed E-state index contributed by atoms with van der Waals surface area (Å²) in [6, 6.07) is 17.7. The van der Waals surface area contributed by atoms with Crippen molar-refractivity contribution in [2.24, 2.45) is 0 Å². The van der Waals surface area contributed by atoms with Crippen molar-refractivity contribution in [2.45, 2.75) is 18.8 Å². The van der Waals surface area contributed by atoms with Crippen LogP contribution < -0.4 is 0 Å². The first-order valence-electron chi connectivity index (χ1n) is 8.48. The number of nitrogens with zero attached hydrogens (tertiary/aromatic N) is 2. The van der Waals surface area contributed by atoms with E-state index in [1.807, 2.05) is 6.07 Å². The summed E-state index contributed by atoms with van der Waals surface area (Å²) in [5.41, 5.74) is 0.810. The van der Waals surface area contributed by atoms with Crippen LogP contribution in [0.25, 0.3) is 0 Å². The second-order valence-electron chi connectivity index (χ2n) is 6.17. The molecule has 0 saturated carbocycles. The van der Waals surface area contributed by atoms with Crippen molar-refractivity contribution in [3.8, 4) is 0 Å². The van der Waals surface area contributed by atoms with E-state index in [9.17, 15) is 23.1 Å². The van der Waals surface area contributed by atoms with E-state index in [-0.39, 0.29) is 6.54 Å². The van der Waals surface area contributed by atoms with E-state index >= 15 is 0 Å². The first kappa shape index (κ1) is 19.4. The van der Waals surface area contributed by atoms with Crippen LogP contribution in [0.3, 0.4) is 0 Å². The van der Waals surface area contributed by atoms with Gasteiger partial charge in [-0.2, -0.15) is 13.2 Å². The first-order chi connectivity index (χ1) is 13.4. The molecule has 0 saturated heterocycles. The maximum atomic E-state index is 12.9. The lowest BCUT2D eigenvalue weighted by Gasteiger charge is -2.30. The van der Waals surface area contributed by atoms with Crippen LogP contribution in [0.4, 0.5) is 18.0 Å². The minimum absolute atomic E-state index is 0.0679. The van der Waals surface area contributed by atoms with Crippen molar-refractivity contribution in [3.63, 3.8) is 0 Å². The number of hydrogen-bond donors (Lipinski definition) is 1. The SMILES string of the molecule is O=C(O)N(Cc1ccccc1)[C@@H](c1ccc(C(F)(F)F)cc1)c1ccccn1. The van der Waals surface area contributed by atoms with Gasteiger partial charge in [0, 0.05) is 6.20 Å². The summed E-state index contributed by atoms with van der Waals surface area (Å²) in [5, 5.41) is 9.83. The second kappa shape index (κ2) is 8.12. The minimum atomic E-state index is -4.46. The highest BCUT2D eigenvalue weighted by Gasteiger charge is 2.32. The van der Waals surface area contributed by atoms with Gasteiger partial charge in [-0.05, 0) is 35.4 Å². The Balaban J connectivity index is 2.04. The van der Waals surface area contributed by atoms with E-state index < -0.39 is 23.9 Å². The molecule has 3 aromatic rings. The Kier molecular flexibility index (Phi) is 5.63. The summed E-state index contributed by atoms with van der Waals surface area (Å²) in [6.07, 6.45) is -4.13. The van der Waals surface area contributed by atoms with Gasteiger partial charge < -0.3 is 5.11 Å². The summed E-state index contributed by atoms with van der Waals surface area (Å²) in [5.74, 6) is 0. The van der Waals surface area contributed by atoms with E-state index in [4.69, 9.17) is 0 Å². The van der Waals surface area contributed by atoms with E-state index in [1.54, 1.807) is 42.5 Å². The summed E-state index contributed by atoms with van der Waals surface area (Å²) in [4.78, 5) is 17.4. The number of hydrogen-bond acceptors (Lipinski definition) is 2. The molecule has 0 aliphatic rings. The van der Waals surface area contributed by atoms with Gasteiger partial charge in [0.25, 0.3) is 0 Å². The molecular weight excluding hydrogens is 369 g/mol. The second-order valence-corrected chi connectivity index (χ2v) is 6.17. The smallest absolute Gasteiger partial charge is 0.416 e. The number of carboxylic acid groups (broad SMARTS) is 1. The molecule has 1 heterocycles. The zero-order valence-electron chi connectivity index (χ0n) is 14.7. The predicted octanol–water partition coefficient (Wildman–Crippen LogP) is 5.37. The molecule has 0 aliphatic carbocycles. The molecule has 0 spiro atoms. The summed E-state index contributed by atoms with van der Waals surface area (Å²) < 4.78 is 38.7. The lowest BCUT2D eigenvalue weighted by atomic mass is 9.99. The van der Waals surface area contributed by atoms with Gasteiger partial charge in [-0.15, -0.1) is 0 Å². The van der Waals surface area contributed by atoms with Gasteiger partial charge in [-0.3, -0.25) is 9.88 Å². The number of amides is 1. The Morgan fingerprint density at radius 2 is 1.61 bits per heavy atom. The van der Waals surface area contributed by atoms with Gasteiger partial charge in [0.1, 0.15) is 6.04 Å². The number of pyridine rings is 1. The van der Waals surface area contributed by atoms with Gasteiger partial charge in [-0.1, -0.05) is 48.5 Å². The molecule has 144 valence electrons. The largest absolute Gasteiger partial charge is 0.465 e. The molecule has 28 heavy (non-hydrogen) atoms. The maximum Gasteiger partial charge on any atom is 0.416 e. The van der Waals surface area contributed by atoms with E-state index in [1.165, 1.54) is 23.2 Å². The van der Waals surface area contributed by atoms with Gasteiger partial charge in [0.2, 0.25) is 0 Å².